The van der Waals surface area contributed by atoms with Crippen molar-refractivity contribution in [2.45, 2.75) is 19.5 Å². The molecule has 0 saturated heterocycles. The molecule has 0 amide bonds. The zero-order chi connectivity index (χ0) is 9.68. The Balaban J connectivity index is 2.57. The maximum Gasteiger partial charge on any atom is 0.0785 e. The maximum atomic E-state index is 3.45. The highest BCUT2D eigenvalue weighted by molar-refractivity contribution is 5.43. The Hall–Kier alpha value is -1.02. The van der Waals surface area contributed by atoms with E-state index in [1.165, 1.54) is 5.69 Å². The Morgan fingerprint density at radius 2 is 1.85 bits per heavy atom. The van der Waals surface area contributed by atoms with E-state index in [0.29, 0.717) is 6.17 Å². The van der Waals surface area contributed by atoms with Gasteiger partial charge in [-0.05, 0) is 32.6 Å². The predicted octanol–water partition coefficient (Wildman–Crippen LogP) is 2.40. The van der Waals surface area contributed by atoms with Gasteiger partial charge in [-0.25, -0.2) is 0 Å². The van der Waals surface area contributed by atoms with E-state index in [4.69, 9.17) is 0 Å². The summed E-state index contributed by atoms with van der Waals surface area (Å²) in [5.41, 5.74) is 1.18. The molecule has 1 atom stereocenters. The van der Waals surface area contributed by atoms with Gasteiger partial charge in [0, 0.05) is 5.69 Å². The third kappa shape index (κ3) is 3.07. The fraction of sp³-hybridized carbons (Fsp3) is 0.455. The van der Waals surface area contributed by atoms with Gasteiger partial charge >= 0.3 is 0 Å². The van der Waals surface area contributed by atoms with Crippen LogP contribution >= 0.6 is 0 Å². The molecule has 0 heterocycles. The van der Waals surface area contributed by atoms with E-state index in [1.807, 2.05) is 18.2 Å². The lowest BCUT2D eigenvalue weighted by atomic mass is 10.3. The number of anilines is 1. The molecule has 1 aromatic carbocycles. The summed E-state index contributed by atoms with van der Waals surface area (Å²) in [4.78, 5) is 2.19. The highest BCUT2D eigenvalue weighted by Gasteiger charge is 2.06. The topological polar surface area (TPSA) is 15.3 Å². The second kappa shape index (κ2) is 4.87. The number of rotatable bonds is 4. The highest BCUT2D eigenvalue weighted by Crippen LogP contribution is 2.09. The van der Waals surface area contributed by atoms with Gasteiger partial charge in [0.25, 0.3) is 0 Å². The Morgan fingerprint density at radius 1 is 1.23 bits per heavy atom. The molecule has 13 heavy (non-hydrogen) atoms. The number of hydrogen-bond donors (Lipinski definition) is 1. The number of nitrogens with one attached hydrogen (secondary N) is 1. The average Bonchev–Trinajstić information content (AvgIpc) is 2.15. The van der Waals surface area contributed by atoms with Crippen molar-refractivity contribution in [3.05, 3.63) is 30.3 Å². The van der Waals surface area contributed by atoms with Crippen molar-refractivity contribution in [1.82, 2.24) is 4.90 Å². The summed E-state index contributed by atoms with van der Waals surface area (Å²) in [6.45, 7) is 2.18. The minimum absolute atomic E-state index is 0.419. The van der Waals surface area contributed by atoms with Crippen LogP contribution in [0.5, 0.6) is 0 Å². The van der Waals surface area contributed by atoms with Crippen molar-refractivity contribution in [3.8, 4) is 0 Å². The van der Waals surface area contributed by atoms with Crippen molar-refractivity contribution >= 4 is 5.69 Å². The monoisotopic (exact) mass is 178 g/mol. The van der Waals surface area contributed by atoms with Crippen molar-refractivity contribution in [1.29, 1.82) is 0 Å². The fourth-order valence-electron chi connectivity index (χ4n) is 1.32. The Morgan fingerprint density at radius 3 is 2.31 bits per heavy atom. The molecule has 1 rings (SSSR count). The van der Waals surface area contributed by atoms with E-state index in [2.05, 4.69) is 43.4 Å². The normalized spacial score (nSPS) is 12.9. The van der Waals surface area contributed by atoms with Gasteiger partial charge in [-0.3, -0.25) is 4.90 Å². The first-order valence-electron chi connectivity index (χ1n) is 4.72. The van der Waals surface area contributed by atoms with E-state index >= 15 is 0 Å². The lowest BCUT2D eigenvalue weighted by molar-refractivity contribution is 0.315. The van der Waals surface area contributed by atoms with Crippen LogP contribution in [0.1, 0.15) is 13.3 Å². The third-order valence-corrected chi connectivity index (χ3v) is 2.12. The lowest BCUT2D eigenvalue weighted by Crippen LogP contribution is -2.34. The number of para-hydroxylation sites is 1. The second-order valence-corrected chi connectivity index (χ2v) is 3.40. The van der Waals surface area contributed by atoms with E-state index in [9.17, 15) is 0 Å². The highest BCUT2D eigenvalue weighted by atomic mass is 15.2. The molecule has 0 spiro atoms. The zero-order valence-corrected chi connectivity index (χ0v) is 8.62. The van der Waals surface area contributed by atoms with Gasteiger partial charge in [0.15, 0.2) is 0 Å². The molecule has 0 aliphatic rings. The van der Waals surface area contributed by atoms with Gasteiger partial charge in [-0.15, -0.1) is 0 Å². The molecule has 72 valence electrons. The van der Waals surface area contributed by atoms with Crippen molar-refractivity contribution in [3.63, 3.8) is 0 Å². The number of benzene rings is 1. The molecule has 0 aromatic heterocycles. The van der Waals surface area contributed by atoms with Crippen molar-refractivity contribution < 1.29 is 0 Å². The molecule has 1 N–H and O–H groups in total. The number of nitrogens with zero attached hydrogens (tertiary/aromatic N) is 1. The van der Waals surface area contributed by atoms with Crippen LogP contribution in [0, 0.1) is 0 Å². The summed E-state index contributed by atoms with van der Waals surface area (Å²) in [6.07, 6.45) is 1.52. The standard InChI is InChI=1S/C11H18N2/c1-4-11(13(2)3)12-10-8-6-5-7-9-10/h5-9,11-12H,4H2,1-3H3. The van der Waals surface area contributed by atoms with E-state index < -0.39 is 0 Å². The van der Waals surface area contributed by atoms with Crippen molar-refractivity contribution in [2.75, 3.05) is 19.4 Å². The van der Waals surface area contributed by atoms with E-state index in [-0.39, 0.29) is 0 Å². The van der Waals surface area contributed by atoms with Crippen LogP contribution in [-0.4, -0.2) is 25.2 Å². The Bertz CT molecular complexity index is 231. The molecule has 0 aliphatic heterocycles. The third-order valence-electron chi connectivity index (χ3n) is 2.12. The lowest BCUT2D eigenvalue weighted by Gasteiger charge is -2.25. The average molecular weight is 178 g/mol. The molecule has 2 nitrogen and oxygen atoms in total. The second-order valence-electron chi connectivity index (χ2n) is 3.40. The van der Waals surface area contributed by atoms with Gasteiger partial charge in [0.05, 0.1) is 6.17 Å². The first kappa shape index (κ1) is 10.1. The molecule has 0 saturated carbocycles. The zero-order valence-electron chi connectivity index (χ0n) is 8.62. The molecule has 0 aliphatic carbocycles. The van der Waals surface area contributed by atoms with Gasteiger partial charge in [-0.2, -0.15) is 0 Å². The summed E-state index contributed by atoms with van der Waals surface area (Å²) in [5.74, 6) is 0. The van der Waals surface area contributed by atoms with Crippen LogP contribution in [0.15, 0.2) is 30.3 Å². The summed E-state index contributed by atoms with van der Waals surface area (Å²) in [7, 11) is 4.17. The smallest absolute Gasteiger partial charge is 0.0785 e. The van der Waals surface area contributed by atoms with Gasteiger partial charge in [0.2, 0.25) is 0 Å². The minimum atomic E-state index is 0.419. The molecule has 0 fully saturated rings. The van der Waals surface area contributed by atoms with Gasteiger partial charge in [0.1, 0.15) is 0 Å². The summed E-state index contributed by atoms with van der Waals surface area (Å²) < 4.78 is 0. The fourth-order valence-corrected chi connectivity index (χ4v) is 1.32. The first-order valence-corrected chi connectivity index (χ1v) is 4.72. The van der Waals surface area contributed by atoms with Gasteiger partial charge in [-0.1, -0.05) is 25.1 Å². The van der Waals surface area contributed by atoms with Crippen LogP contribution in [0.3, 0.4) is 0 Å². The first-order chi connectivity index (χ1) is 6.24. The van der Waals surface area contributed by atoms with Crippen LogP contribution in [0.4, 0.5) is 5.69 Å². The van der Waals surface area contributed by atoms with Crippen molar-refractivity contribution in [2.24, 2.45) is 0 Å². The van der Waals surface area contributed by atoms with Crippen LogP contribution in [-0.2, 0) is 0 Å². The van der Waals surface area contributed by atoms with Crippen LogP contribution in [0.25, 0.3) is 0 Å². The Kier molecular flexibility index (Phi) is 3.77. The molecular weight excluding hydrogens is 160 g/mol. The maximum absolute atomic E-state index is 3.45. The van der Waals surface area contributed by atoms with Crippen LogP contribution in [0.2, 0.25) is 0 Å². The summed E-state index contributed by atoms with van der Waals surface area (Å²) >= 11 is 0. The minimum Gasteiger partial charge on any atom is -0.370 e. The molecule has 1 aromatic rings. The SMILES string of the molecule is CCC(Nc1ccccc1)N(C)C. The molecule has 0 radical (unpaired) electrons. The molecule has 1 unspecified atom stereocenters. The van der Waals surface area contributed by atoms with E-state index in [0.717, 1.165) is 6.42 Å². The summed E-state index contributed by atoms with van der Waals surface area (Å²) in [6, 6.07) is 10.3. The van der Waals surface area contributed by atoms with Gasteiger partial charge < -0.3 is 5.32 Å². The molecular formula is C11H18N2. The molecule has 2 heteroatoms. The van der Waals surface area contributed by atoms with Crippen LogP contribution < -0.4 is 5.32 Å². The quantitative estimate of drug-likeness (QED) is 0.712. The predicted molar refractivity (Wildman–Crippen MR) is 57.8 cm³/mol. The van der Waals surface area contributed by atoms with E-state index in [1.54, 1.807) is 0 Å². The summed E-state index contributed by atoms with van der Waals surface area (Å²) in [5, 5.41) is 3.45. The Labute approximate surface area is 80.6 Å². The largest absolute Gasteiger partial charge is 0.370 e. The number of hydrogen-bond acceptors (Lipinski definition) is 2. The molecule has 0 bridgehead atoms.